The number of aromatic nitrogens is 4. The fraction of sp³-hybridized carbons (Fsp3) is 0.182. The van der Waals surface area contributed by atoms with Crippen LogP contribution in [0, 0.1) is 18.6 Å². The molecule has 0 radical (unpaired) electrons. The van der Waals surface area contributed by atoms with Gasteiger partial charge < -0.3 is 5.32 Å². The largest absolute Gasteiger partial charge is 0.323 e. The SMILES string of the molecule is Cc1ccc(-n2ncc3c(=O)n4c(nc32)SCC4CC(=O)Nc2cc(F)ccc2F)cc1. The highest BCUT2D eigenvalue weighted by Crippen LogP contribution is 2.33. The third-order valence-electron chi connectivity index (χ3n) is 5.27. The summed E-state index contributed by atoms with van der Waals surface area (Å²) in [6.07, 6.45) is 1.40. The number of anilines is 1. The number of halogens is 2. The number of carbonyl (C=O) groups excluding carboxylic acids is 1. The molecule has 0 spiro atoms. The number of fused-ring (bicyclic) bond motifs is 2. The number of hydrogen-bond acceptors (Lipinski definition) is 5. The van der Waals surface area contributed by atoms with Crippen molar-refractivity contribution in [2.75, 3.05) is 11.1 Å². The highest BCUT2D eigenvalue weighted by atomic mass is 32.2. The summed E-state index contributed by atoms with van der Waals surface area (Å²) in [5.41, 5.74) is 1.82. The molecule has 4 aromatic rings. The van der Waals surface area contributed by atoms with Crippen LogP contribution in [-0.4, -0.2) is 31.0 Å². The highest BCUT2D eigenvalue weighted by Gasteiger charge is 2.29. The maximum Gasteiger partial charge on any atom is 0.265 e. The van der Waals surface area contributed by atoms with Gasteiger partial charge in [-0.1, -0.05) is 29.5 Å². The molecular weight excluding hydrogens is 436 g/mol. The molecule has 0 saturated carbocycles. The third-order valence-corrected chi connectivity index (χ3v) is 6.37. The molecule has 0 bridgehead atoms. The van der Waals surface area contributed by atoms with Crippen molar-refractivity contribution in [3.63, 3.8) is 0 Å². The number of aryl methyl sites for hydroxylation is 1. The Hall–Kier alpha value is -3.53. The number of rotatable bonds is 4. The zero-order chi connectivity index (χ0) is 22.4. The van der Waals surface area contributed by atoms with Crippen molar-refractivity contribution in [2.24, 2.45) is 0 Å². The predicted molar refractivity (Wildman–Crippen MR) is 117 cm³/mol. The Balaban J connectivity index is 1.44. The van der Waals surface area contributed by atoms with Crippen LogP contribution in [0.15, 0.2) is 58.6 Å². The summed E-state index contributed by atoms with van der Waals surface area (Å²) in [4.78, 5) is 30.3. The summed E-state index contributed by atoms with van der Waals surface area (Å²) in [6, 6.07) is 10.1. The van der Waals surface area contributed by atoms with E-state index in [1.807, 2.05) is 31.2 Å². The summed E-state index contributed by atoms with van der Waals surface area (Å²) in [5, 5.41) is 7.55. The van der Waals surface area contributed by atoms with Gasteiger partial charge in [0.25, 0.3) is 5.56 Å². The lowest BCUT2D eigenvalue weighted by molar-refractivity contribution is -0.116. The minimum Gasteiger partial charge on any atom is -0.323 e. The minimum atomic E-state index is -0.731. The van der Waals surface area contributed by atoms with Crippen LogP contribution in [0.25, 0.3) is 16.7 Å². The second-order valence-corrected chi connectivity index (χ2v) is 8.53. The molecule has 32 heavy (non-hydrogen) atoms. The van der Waals surface area contributed by atoms with Crippen LogP contribution in [-0.2, 0) is 4.79 Å². The molecule has 1 N–H and O–H groups in total. The highest BCUT2D eigenvalue weighted by molar-refractivity contribution is 7.99. The third kappa shape index (κ3) is 3.56. The number of nitrogens with one attached hydrogen (secondary N) is 1. The monoisotopic (exact) mass is 453 g/mol. The van der Waals surface area contributed by atoms with E-state index in [-0.39, 0.29) is 17.7 Å². The molecule has 7 nitrogen and oxygen atoms in total. The average Bonchev–Trinajstić information content (AvgIpc) is 3.36. The average molecular weight is 453 g/mol. The Morgan fingerprint density at radius 1 is 1.22 bits per heavy atom. The molecule has 0 fully saturated rings. The van der Waals surface area contributed by atoms with Crippen molar-refractivity contribution < 1.29 is 13.6 Å². The van der Waals surface area contributed by atoms with E-state index in [9.17, 15) is 18.4 Å². The maximum absolute atomic E-state index is 13.8. The molecule has 10 heteroatoms. The second kappa shape index (κ2) is 7.86. The topological polar surface area (TPSA) is 81.8 Å². The molecule has 1 amide bonds. The molecule has 1 aliphatic rings. The first-order chi connectivity index (χ1) is 15.4. The number of nitrogens with zero attached hydrogens (tertiary/aromatic N) is 4. The van der Waals surface area contributed by atoms with Crippen molar-refractivity contribution in [1.29, 1.82) is 0 Å². The van der Waals surface area contributed by atoms with Gasteiger partial charge in [-0.25, -0.2) is 18.4 Å². The first kappa shape index (κ1) is 20.4. The van der Waals surface area contributed by atoms with Gasteiger partial charge in [-0.3, -0.25) is 14.2 Å². The van der Waals surface area contributed by atoms with E-state index in [1.165, 1.54) is 22.5 Å². The van der Waals surface area contributed by atoms with Gasteiger partial charge >= 0.3 is 0 Å². The van der Waals surface area contributed by atoms with E-state index in [2.05, 4.69) is 15.4 Å². The Morgan fingerprint density at radius 3 is 2.78 bits per heavy atom. The molecule has 1 unspecified atom stereocenters. The molecule has 3 heterocycles. The lowest BCUT2D eigenvalue weighted by atomic mass is 10.2. The summed E-state index contributed by atoms with van der Waals surface area (Å²) in [6.45, 7) is 1.98. The van der Waals surface area contributed by atoms with Gasteiger partial charge in [0.2, 0.25) is 5.91 Å². The summed E-state index contributed by atoms with van der Waals surface area (Å²) < 4.78 is 30.3. The molecule has 2 aromatic carbocycles. The fourth-order valence-corrected chi connectivity index (χ4v) is 4.79. The normalized spacial score (nSPS) is 15.2. The summed E-state index contributed by atoms with van der Waals surface area (Å²) in [5.74, 6) is -1.44. The lowest BCUT2D eigenvalue weighted by Gasteiger charge is -2.14. The molecule has 5 rings (SSSR count). The smallest absolute Gasteiger partial charge is 0.265 e. The minimum absolute atomic E-state index is 0.0743. The molecule has 2 aromatic heterocycles. The molecule has 1 atom stereocenters. The number of amides is 1. The van der Waals surface area contributed by atoms with E-state index in [1.54, 1.807) is 4.68 Å². The van der Waals surface area contributed by atoms with Crippen molar-refractivity contribution in [2.45, 2.75) is 24.5 Å². The van der Waals surface area contributed by atoms with Crippen molar-refractivity contribution in [3.05, 3.63) is 76.2 Å². The fourth-order valence-electron chi connectivity index (χ4n) is 3.66. The van der Waals surface area contributed by atoms with Crippen molar-refractivity contribution in [3.8, 4) is 5.69 Å². The summed E-state index contributed by atoms with van der Waals surface area (Å²) >= 11 is 1.37. The van der Waals surface area contributed by atoms with E-state index in [0.29, 0.717) is 21.9 Å². The molecule has 0 aliphatic carbocycles. The quantitative estimate of drug-likeness (QED) is 0.475. The van der Waals surface area contributed by atoms with E-state index >= 15 is 0 Å². The van der Waals surface area contributed by atoms with Crippen LogP contribution >= 0.6 is 11.8 Å². The van der Waals surface area contributed by atoms with Crippen LogP contribution in [0.3, 0.4) is 0 Å². The lowest BCUT2D eigenvalue weighted by Crippen LogP contribution is -2.28. The van der Waals surface area contributed by atoms with Gasteiger partial charge in [-0.2, -0.15) is 5.10 Å². The number of benzene rings is 2. The first-order valence-corrected chi connectivity index (χ1v) is 10.8. The molecule has 0 saturated heterocycles. The van der Waals surface area contributed by atoms with Crippen molar-refractivity contribution >= 4 is 34.4 Å². The van der Waals surface area contributed by atoms with Gasteiger partial charge in [0.1, 0.15) is 17.0 Å². The van der Waals surface area contributed by atoms with Crippen molar-refractivity contribution in [1.82, 2.24) is 19.3 Å². The first-order valence-electron chi connectivity index (χ1n) is 9.86. The Kier molecular flexibility index (Phi) is 5.01. The van der Waals surface area contributed by atoms with Crippen LogP contribution in [0.4, 0.5) is 14.5 Å². The van der Waals surface area contributed by atoms with Crippen LogP contribution < -0.4 is 10.9 Å². The number of hydrogen-bond donors (Lipinski definition) is 1. The van der Waals surface area contributed by atoms with E-state index < -0.39 is 23.6 Å². The van der Waals surface area contributed by atoms with Crippen LogP contribution in [0.5, 0.6) is 0 Å². The zero-order valence-electron chi connectivity index (χ0n) is 16.9. The number of thioether (sulfide) groups is 1. The Labute approximate surface area is 185 Å². The second-order valence-electron chi connectivity index (χ2n) is 7.54. The molecule has 162 valence electrons. The van der Waals surface area contributed by atoms with E-state index in [0.717, 1.165) is 29.4 Å². The van der Waals surface area contributed by atoms with Gasteiger partial charge in [0, 0.05) is 18.2 Å². The summed E-state index contributed by atoms with van der Waals surface area (Å²) in [7, 11) is 0. The van der Waals surface area contributed by atoms with Gasteiger partial charge in [-0.05, 0) is 31.2 Å². The molecular formula is C22H17F2N5O2S. The van der Waals surface area contributed by atoms with Crippen LogP contribution in [0.1, 0.15) is 18.0 Å². The number of carbonyl (C=O) groups is 1. The maximum atomic E-state index is 13.8. The van der Waals surface area contributed by atoms with E-state index in [4.69, 9.17) is 0 Å². The predicted octanol–water partition coefficient (Wildman–Crippen LogP) is 3.84. The Bertz CT molecular complexity index is 1410. The standard InChI is InChI=1S/C22H17F2N5O2S/c1-12-2-5-14(6-3-12)29-20-16(10-25-29)21(31)28-15(11-32-22(28)27-20)9-19(30)26-18-8-13(23)4-7-17(18)24/h2-8,10,15H,9,11H2,1H3,(H,26,30). The van der Waals surface area contributed by atoms with Crippen LogP contribution in [0.2, 0.25) is 0 Å². The molecule has 1 aliphatic heterocycles. The zero-order valence-corrected chi connectivity index (χ0v) is 17.7. The Morgan fingerprint density at radius 2 is 2.00 bits per heavy atom. The van der Waals surface area contributed by atoms with Gasteiger partial charge in [0.05, 0.1) is 23.6 Å². The van der Waals surface area contributed by atoms with Gasteiger partial charge in [-0.15, -0.1) is 0 Å². The van der Waals surface area contributed by atoms with Gasteiger partial charge in [0.15, 0.2) is 10.8 Å².